The second kappa shape index (κ2) is 8.23. The van der Waals surface area contributed by atoms with Gasteiger partial charge >= 0.3 is 5.97 Å². The second-order valence-electron chi connectivity index (χ2n) is 7.46. The lowest BCUT2D eigenvalue weighted by molar-refractivity contribution is 0.0736. The van der Waals surface area contributed by atoms with E-state index >= 15 is 0 Å². The van der Waals surface area contributed by atoms with Crippen LogP contribution in [0.2, 0.25) is 0 Å². The molecule has 0 N–H and O–H groups in total. The fraction of sp³-hybridized carbons (Fsp3) is 0.120. The van der Waals surface area contributed by atoms with Crippen molar-refractivity contribution in [3.63, 3.8) is 0 Å². The summed E-state index contributed by atoms with van der Waals surface area (Å²) in [5.74, 6) is 2.30. The van der Waals surface area contributed by atoms with Crippen molar-refractivity contribution in [2.45, 2.75) is 20.8 Å². The highest BCUT2D eigenvalue weighted by molar-refractivity contribution is 6.05. The normalized spacial score (nSPS) is 11.0. The monoisotopic (exact) mass is 441 g/mol. The first-order chi connectivity index (χ1) is 16.0. The maximum absolute atomic E-state index is 13.1. The summed E-state index contributed by atoms with van der Waals surface area (Å²) in [7, 11) is 0. The number of aromatic nitrogens is 3. The summed E-state index contributed by atoms with van der Waals surface area (Å²) in [6.45, 7) is 5.44. The van der Waals surface area contributed by atoms with Crippen LogP contribution in [0.3, 0.4) is 0 Å². The first-order valence-electron chi connectivity index (χ1n) is 10.2. The highest BCUT2D eigenvalue weighted by atomic mass is 16.5. The van der Waals surface area contributed by atoms with E-state index in [4.69, 9.17) is 18.4 Å². The van der Waals surface area contributed by atoms with Crippen LogP contribution in [0.5, 0.6) is 17.4 Å². The zero-order valence-electron chi connectivity index (χ0n) is 18.2. The average molecular weight is 441 g/mol. The van der Waals surface area contributed by atoms with Gasteiger partial charge in [-0.3, -0.25) is 0 Å². The number of furan rings is 1. The predicted molar refractivity (Wildman–Crippen MR) is 119 cm³/mol. The third kappa shape index (κ3) is 4.06. The summed E-state index contributed by atoms with van der Waals surface area (Å²) < 4.78 is 22.3. The van der Waals surface area contributed by atoms with E-state index in [0.29, 0.717) is 45.5 Å². The molecule has 0 aliphatic carbocycles. The summed E-state index contributed by atoms with van der Waals surface area (Å²) in [6, 6.07) is 15.6. The van der Waals surface area contributed by atoms with Crippen LogP contribution in [0, 0.1) is 20.8 Å². The Morgan fingerprint density at radius 3 is 2.45 bits per heavy atom. The smallest absolute Gasteiger partial charge is 0.344 e. The van der Waals surface area contributed by atoms with Crippen LogP contribution >= 0.6 is 0 Å². The van der Waals surface area contributed by atoms with E-state index in [1.165, 1.54) is 0 Å². The largest absolute Gasteiger partial charge is 0.466 e. The highest BCUT2D eigenvalue weighted by Crippen LogP contribution is 2.31. The number of nitrogens with zero attached hydrogens (tertiary/aromatic N) is 3. The van der Waals surface area contributed by atoms with Crippen LogP contribution in [0.4, 0.5) is 0 Å². The third-order valence-electron chi connectivity index (χ3n) is 5.05. The molecule has 0 spiro atoms. The van der Waals surface area contributed by atoms with Gasteiger partial charge in [0.15, 0.2) is 0 Å². The SMILES string of the molecule is Cc1cc(-c2cc(C(=O)Oc3ccc(Oc4ccccn4)cc3)c3c(C)noc3n2)c(C)o1. The molecule has 1 aromatic carbocycles. The number of ether oxygens (including phenoxy) is 2. The maximum Gasteiger partial charge on any atom is 0.344 e. The molecule has 4 heterocycles. The van der Waals surface area contributed by atoms with Crippen molar-refractivity contribution in [2.24, 2.45) is 0 Å². The van der Waals surface area contributed by atoms with Crippen molar-refractivity contribution < 1.29 is 23.2 Å². The lowest BCUT2D eigenvalue weighted by Crippen LogP contribution is -2.10. The molecule has 0 unspecified atom stereocenters. The van der Waals surface area contributed by atoms with Gasteiger partial charge in [0, 0.05) is 17.8 Å². The van der Waals surface area contributed by atoms with Crippen molar-refractivity contribution in [3.05, 3.63) is 83.6 Å². The fourth-order valence-corrected chi connectivity index (χ4v) is 3.54. The minimum absolute atomic E-state index is 0.259. The second-order valence-corrected chi connectivity index (χ2v) is 7.46. The van der Waals surface area contributed by atoms with Crippen molar-refractivity contribution in [3.8, 4) is 28.6 Å². The van der Waals surface area contributed by atoms with Gasteiger partial charge in [0.25, 0.3) is 5.71 Å². The van der Waals surface area contributed by atoms with Gasteiger partial charge in [0.05, 0.1) is 22.3 Å². The van der Waals surface area contributed by atoms with E-state index in [9.17, 15) is 4.79 Å². The summed E-state index contributed by atoms with van der Waals surface area (Å²) in [5.41, 5.74) is 2.43. The van der Waals surface area contributed by atoms with Crippen LogP contribution in [-0.2, 0) is 0 Å². The van der Waals surface area contributed by atoms with Crippen molar-refractivity contribution in [1.29, 1.82) is 0 Å². The van der Waals surface area contributed by atoms with Gasteiger partial charge in [-0.2, -0.15) is 0 Å². The highest BCUT2D eigenvalue weighted by Gasteiger charge is 2.22. The molecule has 8 nitrogen and oxygen atoms in total. The number of fused-ring (bicyclic) bond motifs is 1. The molecule has 0 fully saturated rings. The Kier molecular flexibility index (Phi) is 5.10. The van der Waals surface area contributed by atoms with E-state index in [2.05, 4.69) is 15.1 Å². The van der Waals surface area contributed by atoms with Gasteiger partial charge in [-0.15, -0.1) is 0 Å². The Hall–Kier alpha value is -4.46. The average Bonchev–Trinajstić information content (AvgIpc) is 3.36. The summed E-state index contributed by atoms with van der Waals surface area (Å²) >= 11 is 0. The van der Waals surface area contributed by atoms with Gasteiger partial charge in [-0.25, -0.2) is 14.8 Å². The Morgan fingerprint density at radius 1 is 0.970 bits per heavy atom. The molecule has 0 amide bonds. The first kappa shape index (κ1) is 20.4. The summed E-state index contributed by atoms with van der Waals surface area (Å²) in [5, 5.41) is 4.48. The van der Waals surface area contributed by atoms with Gasteiger partial charge in [-0.05, 0) is 63.2 Å². The van der Waals surface area contributed by atoms with Crippen molar-refractivity contribution >= 4 is 17.1 Å². The molecule has 0 bridgehead atoms. The molecule has 5 aromatic rings. The number of carbonyl (C=O) groups is 1. The molecule has 0 saturated carbocycles. The van der Waals surface area contributed by atoms with E-state index in [1.54, 1.807) is 49.5 Å². The number of rotatable bonds is 5. The molecule has 8 heteroatoms. The van der Waals surface area contributed by atoms with Crippen LogP contribution in [-0.4, -0.2) is 21.1 Å². The zero-order valence-corrected chi connectivity index (χ0v) is 18.2. The Morgan fingerprint density at radius 2 is 1.76 bits per heavy atom. The number of esters is 1. The van der Waals surface area contributed by atoms with Crippen molar-refractivity contribution in [2.75, 3.05) is 0 Å². The molecule has 0 radical (unpaired) electrons. The number of hydrogen-bond acceptors (Lipinski definition) is 8. The van der Waals surface area contributed by atoms with Crippen LogP contribution in [0.15, 0.2) is 69.7 Å². The molecule has 33 heavy (non-hydrogen) atoms. The maximum atomic E-state index is 13.1. The predicted octanol–water partition coefficient (Wildman–Crippen LogP) is 5.81. The van der Waals surface area contributed by atoms with E-state index in [-0.39, 0.29) is 5.71 Å². The minimum atomic E-state index is -0.550. The molecule has 0 saturated heterocycles. The molecule has 164 valence electrons. The van der Waals surface area contributed by atoms with E-state index < -0.39 is 5.97 Å². The van der Waals surface area contributed by atoms with Crippen molar-refractivity contribution in [1.82, 2.24) is 15.1 Å². The summed E-state index contributed by atoms with van der Waals surface area (Å²) in [6.07, 6.45) is 1.65. The summed E-state index contributed by atoms with van der Waals surface area (Å²) in [4.78, 5) is 21.8. The Labute approximate surface area is 188 Å². The topological polar surface area (TPSA) is 100 Å². The van der Waals surface area contributed by atoms with Gasteiger partial charge in [0.1, 0.15) is 23.0 Å². The molecule has 0 atom stereocenters. The molecular formula is C25H19N3O5. The quantitative estimate of drug-likeness (QED) is 0.249. The number of aryl methyl sites for hydroxylation is 3. The molecule has 0 aliphatic rings. The fourth-order valence-electron chi connectivity index (χ4n) is 3.54. The molecule has 4 aromatic heterocycles. The number of carbonyl (C=O) groups excluding carboxylic acids is 1. The molecule has 5 rings (SSSR count). The lowest BCUT2D eigenvalue weighted by Gasteiger charge is -2.08. The van der Waals surface area contributed by atoms with Gasteiger partial charge in [0.2, 0.25) is 5.88 Å². The number of pyridine rings is 2. The molecular weight excluding hydrogens is 422 g/mol. The van der Waals surface area contributed by atoms with Crippen LogP contribution < -0.4 is 9.47 Å². The Balaban J connectivity index is 1.44. The van der Waals surface area contributed by atoms with E-state index in [0.717, 1.165) is 11.3 Å². The van der Waals surface area contributed by atoms with Gasteiger partial charge in [-0.1, -0.05) is 11.2 Å². The van der Waals surface area contributed by atoms with Gasteiger partial charge < -0.3 is 18.4 Å². The third-order valence-corrected chi connectivity index (χ3v) is 5.05. The van der Waals surface area contributed by atoms with Crippen LogP contribution in [0.25, 0.3) is 22.4 Å². The Bertz CT molecular complexity index is 1450. The lowest BCUT2D eigenvalue weighted by atomic mass is 10.1. The molecule has 0 aliphatic heterocycles. The minimum Gasteiger partial charge on any atom is -0.466 e. The number of benzene rings is 1. The zero-order chi connectivity index (χ0) is 22.9. The standard InChI is InChI=1S/C25H19N3O5/c1-14-12-19(16(3)30-14)21-13-20(23-15(2)28-33-24(23)27-21)25(29)32-18-9-7-17(8-10-18)31-22-6-4-5-11-26-22/h4-13H,1-3H3. The first-order valence-corrected chi connectivity index (χ1v) is 10.2. The number of hydrogen-bond donors (Lipinski definition) is 0. The van der Waals surface area contributed by atoms with Crippen LogP contribution in [0.1, 0.15) is 27.6 Å². The van der Waals surface area contributed by atoms with E-state index in [1.807, 2.05) is 32.0 Å².